The van der Waals surface area contributed by atoms with Crippen LogP contribution in [0.4, 0.5) is 0 Å². The van der Waals surface area contributed by atoms with E-state index in [9.17, 15) is 15.0 Å². The highest BCUT2D eigenvalue weighted by Gasteiger charge is 2.40. The molecule has 0 aliphatic carbocycles. The monoisotopic (exact) mass is 344 g/mol. The summed E-state index contributed by atoms with van der Waals surface area (Å²) in [6.45, 7) is 4.05. The predicted octanol–water partition coefficient (Wildman–Crippen LogP) is 5.26. The zero-order chi connectivity index (χ0) is 18.3. The number of aliphatic carboxylic acids is 1. The molecule has 24 heavy (non-hydrogen) atoms. The van der Waals surface area contributed by atoms with Gasteiger partial charge in [-0.3, -0.25) is 0 Å². The summed E-state index contributed by atoms with van der Waals surface area (Å²) >= 11 is 0. The van der Waals surface area contributed by atoms with Crippen LogP contribution in [0, 0.1) is 5.92 Å². The Balaban J connectivity index is 3.46. The van der Waals surface area contributed by atoms with Gasteiger partial charge in [-0.25, -0.2) is 4.79 Å². The fraction of sp³-hybridized carbons (Fsp3) is 0.950. The van der Waals surface area contributed by atoms with E-state index in [-0.39, 0.29) is 0 Å². The van der Waals surface area contributed by atoms with Crippen molar-refractivity contribution in [3.63, 3.8) is 0 Å². The minimum atomic E-state index is -2.58. The highest BCUT2D eigenvalue weighted by atomic mass is 16.5. The van der Waals surface area contributed by atoms with Gasteiger partial charge < -0.3 is 15.3 Å². The molecule has 4 nitrogen and oxygen atoms in total. The van der Waals surface area contributed by atoms with Crippen LogP contribution >= 0.6 is 0 Å². The minimum absolute atomic E-state index is 0.470. The van der Waals surface area contributed by atoms with Crippen molar-refractivity contribution in [1.82, 2.24) is 0 Å². The molecule has 0 heterocycles. The van der Waals surface area contributed by atoms with Gasteiger partial charge >= 0.3 is 5.97 Å². The summed E-state index contributed by atoms with van der Waals surface area (Å²) in [6.07, 6.45) is 17.5. The molecule has 0 spiro atoms. The number of rotatable bonds is 17. The van der Waals surface area contributed by atoms with Crippen molar-refractivity contribution in [2.75, 3.05) is 0 Å². The topological polar surface area (TPSA) is 77.8 Å². The van der Waals surface area contributed by atoms with E-state index in [0.717, 1.165) is 19.3 Å². The van der Waals surface area contributed by atoms with Crippen LogP contribution in [0.25, 0.3) is 0 Å². The molecule has 0 aliphatic rings. The van der Waals surface area contributed by atoms with Gasteiger partial charge in [-0.05, 0) is 12.8 Å². The molecule has 3 N–H and O–H groups in total. The van der Waals surface area contributed by atoms with Crippen molar-refractivity contribution in [3.05, 3.63) is 0 Å². The third-order valence-electron chi connectivity index (χ3n) is 5.03. The molecule has 0 aromatic rings. The average Bonchev–Trinajstić information content (AvgIpc) is 2.55. The first-order valence-electron chi connectivity index (χ1n) is 10.1. The van der Waals surface area contributed by atoms with Crippen molar-refractivity contribution in [1.29, 1.82) is 0 Å². The predicted molar refractivity (Wildman–Crippen MR) is 98.9 cm³/mol. The fourth-order valence-corrected chi connectivity index (χ4v) is 3.27. The molecule has 0 rings (SSSR count). The maximum Gasteiger partial charge on any atom is 0.364 e. The molecule has 0 radical (unpaired) electrons. The Bertz CT molecular complexity index is 302. The van der Waals surface area contributed by atoms with Gasteiger partial charge in [-0.15, -0.1) is 0 Å². The number of carboxylic acids is 1. The summed E-state index contributed by atoms with van der Waals surface area (Å²) in [5.74, 6) is -4.70. The Morgan fingerprint density at radius 2 is 1.12 bits per heavy atom. The van der Waals surface area contributed by atoms with Gasteiger partial charge in [-0.1, -0.05) is 97.3 Å². The molecular formula is C20H40O4. The van der Waals surface area contributed by atoms with Crippen LogP contribution in [0.2, 0.25) is 0 Å². The molecule has 0 amide bonds. The second kappa shape index (κ2) is 14.7. The normalized spacial score (nSPS) is 13.2. The molecule has 0 bridgehead atoms. The van der Waals surface area contributed by atoms with Crippen LogP contribution < -0.4 is 0 Å². The molecule has 1 unspecified atom stereocenters. The number of carboxylic acid groups (broad SMARTS) is 1. The maximum absolute atomic E-state index is 10.9. The Kier molecular flexibility index (Phi) is 14.3. The van der Waals surface area contributed by atoms with Crippen LogP contribution in [-0.4, -0.2) is 27.1 Å². The average molecular weight is 345 g/mol. The molecule has 0 saturated carbocycles. The van der Waals surface area contributed by atoms with Crippen molar-refractivity contribution in [2.24, 2.45) is 5.92 Å². The minimum Gasteiger partial charge on any atom is -0.477 e. The van der Waals surface area contributed by atoms with Gasteiger partial charge in [0.05, 0.1) is 0 Å². The molecule has 0 fully saturated rings. The molecule has 0 saturated heterocycles. The largest absolute Gasteiger partial charge is 0.477 e. The molecule has 144 valence electrons. The Labute approximate surface area is 148 Å². The lowest BCUT2D eigenvalue weighted by Gasteiger charge is -2.26. The zero-order valence-electron chi connectivity index (χ0n) is 15.9. The van der Waals surface area contributed by atoms with Gasteiger partial charge in [0.25, 0.3) is 5.79 Å². The van der Waals surface area contributed by atoms with Crippen LogP contribution in [0.15, 0.2) is 0 Å². The van der Waals surface area contributed by atoms with Crippen molar-refractivity contribution < 1.29 is 20.1 Å². The van der Waals surface area contributed by atoms with Crippen LogP contribution in [-0.2, 0) is 4.79 Å². The van der Waals surface area contributed by atoms with E-state index in [0.29, 0.717) is 12.8 Å². The lowest BCUT2D eigenvalue weighted by Crippen LogP contribution is -2.45. The quantitative estimate of drug-likeness (QED) is 0.248. The Morgan fingerprint density at radius 3 is 1.46 bits per heavy atom. The molecule has 0 aliphatic heterocycles. The molecular weight excluding hydrogens is 304 g/mol. The van der Waals surface area contributed by atoms with E-state index < -0.39 is 17.7 Å². The molecule has 1 atom stereocenters. The summed E-state index contributed by atoms with van der Waals surface area (Å²) in [5, 5.41) is 28.0. The standard InChI is InChI=1S/C20H40O4/c1-3-5-6-7-8-9-10-11-12-13-14-15-16-17-18(4-2)20(23,24)19(21)22/h18,23-24H,3-17H2,1-2H3,(H,21,22). The Hall–Kier alpha value is -0.610. The number of hydrogen-bond donors (Lipinski definition) is 3. The third-order valence-corrected chi connectivity index (χ3v) is 5.03. The van der Waals surface area contributed by atoms with Crippen molar-refractivity contribution in [3.8, 4) is 0 Å². The van der Waals surface area contributed by atoms with Crippen LogP contribution in [0.5, 0.6) is 0 Å². The first-order chi connectivity index (χ1) is 11.5. The van der Waals surface area contributed by atoms with Gasteiger partial charge in [0.2, 0.25) is 0 Å². The van der Waals surface area contributed by atoms with Gasteiger partial charge in [0.15, 0.2) is 0 Å². The Morgan fingerprint density at radius 1 is 0.750 bits per heavy atom. The van der Waals surface area contributed by atoms with Crippen molar-refractivity contribution in [2.45, 2.75) is 116 Å². The summed E-state index contributed by atoms with van der Waals surface area (Å²) in [4.78, 5) is 10.9. The third kappa shape index (κ3) is 11.0. The van der Waals surface area contributed by atoms with E-state index in [1.807, 2.05) is 0 Å². The smallest absolute Gasteiger partial charge is 0.364 e. The second-order valence-electron chi connectivity index (χ2n) is 7.17. The van der Waals surface area contributed by atoms with E-state index in [4.69, 9.17) is 5.11 Å². The SMILES string of the molecule is CCCCCCCCCCCCCCCC(CC)C(O)(O)C(=O)O. The molecule has 0 aromatic carbocycles. The number of unbranched alkanes of at least 4 members (excludes halogenated alkanes) is 12. The number of aliphatic hydroxyl groups is 2. The van der Waals surface area contributed by atoms with Gasteiger partial charge in [0, 0.05) is 5.92 Å². The highest BCUT2D eigenvalue weighted by Crippen LogP contribution is 2.25. The second-order valence-corrected chi connectivity index (χ2v) is 7.17. The van der Waals surface area contributed by atoms with E-state index in [2.05, 4.69) is 6.92 Å². The summed E-state index contributed by atoms with van der Waals surface area (Å²) in [7, 11) is 0. The van der Waals surface area contributed by atoms with Gasteiger partial charge in [0.1, 0.15) is 0 Å². The fourth-order valence-electron chi connectivity index (χ4n) is 3.27. The number of carbonyl (C=O) groups is 1. The highest BCUT2D eigenvalue weighted by molar-refractivity contribution is 5.75. The summed E-state index contributed by atoms with van der Waals surface area (Å²) in [6, 6.07) is 0. The molecule has 0 aromatic heterocycles. The summed E-state index contributed by atoms with van der Waals surface area (Å²) < 4.78 is 0. The van der Waals surface area contributed by atoms with Crippen molar-refractivity contribution >= 4 is 5.97 Å². The zero-order valence-corrected chi connectivity index (χ0v) is 15.9. The molecule has 4 heteroatoms. The van der Waals surface area contributed by atoms with Gasteiger partial charge in [-0.2, -0.15) is 0 Å². The number of hydrogen-bond acceptors (Lipinski definition) is 3. The summed E-state index contributed by atoms with van der Waals surface area (Å²) in [5.41, 5.74) is 0. The lowest BCUT2D eigenvalue weighted by molar-refractivity contribution is -0.223. The first kappa shape index (κ1) is 23.4. The maximum atomic E-state index is 10.9. The van der Waals surface area contributed by atoms with Crippen LogP contribution in [0.3, 0.4) is 0 Å². The first-order valence-corrected chi connectivity index (χ1v) is 10.1. The van der Waals surface area contributed by atoms with E-state index in [1.165, 1.54) is 64.2 Å². The lowest BCUT2D eigenvalue weighted by atomic mass is 9.90. The van der Waals surface area contributed by atoms with E-state index in [1.54, 1.807) is 6.92 Å². The van der Waals surface area contributed by atoms with Crippen LogP contribution in [0.1, 0.15) is 110 Å². The van der Waals surface area contributed by atoms with E-state index >= 15 is 0 Å².